The van der Waals surface area contributed by atoms with Gasteiger partial charge in [-0.05, 0) is 234 Å². The van der Waals surface area contributed by atoms with Crippen LogP contribution in [0.25, 0.3) is 0 Å². The Balaban J connectivity index is 0.000000445. The van der Waals surface area contributed by atoms with Gasteiger partial charge in [0.15, 0.2) is 36.1 Å². The number of carbonyl (C=O) groups is 4. The van der Waals surface area contributed by atoms with E-state index in [1.165, 1.54) is 40.6 Å². The van der Waals surface area contributed by atoms with Crippen molar-refractivity contribution >= 4 is 82.6 Å². The summed E-state index contributed by atoms with van der Waals surface area (Å²) in [5.41, 5.74) is 12.4. The number of nitrogens with two attached hydrogens (primary N) is 1. The maximum absolute atomic E-state index is 14.3. The number of nitro groups is 1. The predicted molar refractivity (Wildman–Crippen MR) is 371 cm³/mol. The molecule has 5 rings (SSSR count). The summed E-state index contributed by atoms with van der Waals surface area (Å²) >= 11 is 3.23. The van der Waals surface area contributed by atoms with Crippen LogP contribution in [0.5, 0.6) is 0 Å². The first-order valence-corrected chi connectivity index (χ1v) is 34.6. The number of nitrogens with zero attached hydrogens (tertiary/aromatic N) is 2. The van der Waals surface area contributed by atoms with Crippen LogP contribution >= 0.6 is 15.9 Å². The summed E-state index contributed by atoms with van der Waals surface area (Å²) in [4.78, 5) is 59.6. The molecule has 0 spiro atoms. The van der Waals surface area contributed by atoms with Crippen molar-refractivity contribution in [1.29, 1.82) is 0 Å². The van der Waals surface area contributed by atoms with Crippen LogP contribution in [0.1, 0.15) is 180 Å². The monoisotopic (exact) mass is 1450 g/mol. The summed E-state index contributed by atoms with van der Waals surface area (Å²) in [7, 11) is -2.18. The summed E-state index contributed by atoms with van der Waals surface area (Å²) < 4.78 is 123. The summed E-state index contributed by atoms with van der Waals surface area (Å²) in [6, 6.07) is 15.9. The van der Waals surface area contributed by atoms with Gasteiger partial charge in [0.1, 0.15) is 0 Å². The van der Waals surface area contributed by atoms with Crippen molar-refractivity contribution in [2.24, 2.45) is 0 Å². The fourth-order valence-electron chi connectivity index (χ4n) is 9.44. The number of nitrogens with one attached hydrogen (secondary N) is 1. The van der Waals surface area contributed by atoms with Crippen LogP contribution in [0.15, 0.2) is 65.1 Å². The van der Waals surface area contributed by atoms with Crippen molar-refractivity contribution in [1.82, 2.24) is 0 Å². The molecule has 0 bridgehead atoms. The molecule has 0 aliphatic carbocycles. The molecule has 0 unspecified atom stereocenters. The number of halogens is 3. The fourth-order valence-corrected chi connectivity index (χ4v) is 11.5. The molecule has 5 aromatic rings. The van der Waals surface area contributed by atoms with Crippen molar-refractivity contribution in [3.63, 3.8) is 0 Å². The molecule has 0 fully saturated rings. The Morgan fingerprint density at radius 2 is 0.917 bits per heavy atom. The number of hydrogen-bond donors (Lipinski definition) is 2. The smallest absolute Gasteiger partial charge is 0.339 e. The van der Waals surface area contributed by atoms with Crippen LogP contribution < -0.4 is 14.8 Å². The molecular formula is C69H97BrF2N4O18S2. The number of carbonyl (C=O) groups excluding carboxylic acids is 4. The number of methoxy groups -OCH3 is 4. The quantitative estimate of drug-likeness (QED) is 0.0255. The summed E-state index contributed by atoms with van der Waals surface area (Å²) in [6.07, 6.45) is -1.75. The second kappa shape index (κ2) is 34.4. The summed E-state index contributed by atoms with van der Waals surface area (Å²) in [5.74, 6) is -4.35. The van der Waals surface area contributed by atoms with Crippen molar-refractivity contribution in [2.45, 2.75) is 192 Å². The molecule has 4 atom stereocenters. The van der Waals surface area contributed by atoms with E-state index in [1.807, 2.05) is 74.4 Å². The number of anilines is 3. The molecule has 0 aliphatic heterocycles. The summed E-state index contributed by atoms with van der Waals surface area (Å²) in [5, 5.41) is 11.3. The SMILES string of the molecule is COC(=O)[C@@H](OC(C)(C)C)c1cc(C)c(Br)c([N+](=O)[O-])c1C.COC(=O)[C@@H](OC(C)(C)C)c1cc(C)cc(N(Cc2cccc(F)c2F)S(C)(=O)=O)c1C.COC(=O)[C@@H](OC(C)(C)C)c1cc(C)cc(N)c1C.COC(=O)[C@@H](OC(C)(C)C)c1cc(C)cc(NS(C)(=O)=O)c1C. The van der Waals surface area contributed by atoms with Crippen LogP contribution in [0.4, 0.5) is 31.5 Å². The van der Waals surface area contributed by atoms with Crippen molar-refractivity contribution in [2.75, 3.05) is 55.7 Å². The van der Waals surface area contributed by atoms with Gasteiger partial charge < -0.3 is 43.6 Å². The molecule has 96 heavy (non-hydrogen) atoms. The Kier molecular flexibility index (Phi) is 30.4. The predicted octanol–water partition coefficient (Wildman–Crippen LogP) is 14.2. The van der Waals surface area contributed by atoms with Crippen LogP contribution in [0, 0.1) is 77.1 Å². The van der Waals surface area contributed by atoms with E-state index >= 15 is 0 Å². The van der Waals surface area contributed by atoms with E-state index in [1.54, 1.807) is 106 Å². The van der Waals surface area contributed by atoms with Gasteiger partial charge in [0.25, 0.3) is 5.69 Å². The van der Waals surface area contributed by atoms with Crippen LogP contribution in [0.2, 0.25) is 0 Å². The molecule has 0 heterocycles. The first kappa shape index (κ1) is 84.9. The maximum Gasteiger partial charge on any atom is 0.339 e. The lowest BCUT2D eigenvalue weighted by molar-refractivity contribution is -0.386. The van der Waals surface area contributed by atoms with Crippen molar-refractivity contribution in [3.8, 4) is 0 Å². The zero-order valence-corrected chi connectivity index (χ0v) is 63.3. The van der Waals surface area contributed by atoms with Crippen LogP contribution in [0.3, 0.4) is 0 Å². The van der Waals surface area contributed by atoms with Crippen LogP contribution in [-0.4, -0.2) is 109 Å². The van der Waals surface area contributed by atoms with Gasteiger partial charge in [-0.2, -0.15) is 0 Å². The molecule has 27 heteroatoms. The highest BCUT2D eigenvalue weighted by molar-refractivity contribution is 9.10. The molecule has 0 saturated carbocycles. The Morgan fingerprint density at radius 1 is 0.562 bits per heavy atom. The zero-order valence-electron chi connectivity index (χ0n) is 60.1. The zero-order chi connectivity index (χ0) is 74.5. The lowest BCUT2D eigenvalue weighted by atomic mass is 9.97. The second-order valence-electron chi connectivity index (χ2n) is 26.8. The van der Waals surface area contributed by atoms with E-state index in [4.69, 9.17) is 43.6 Å². The minimum atomic E-state index is -3.90. The standard InChI is InChI=1S/C23H29F2NO5S.C16H25NO5S.C15H20BrNO5.C15H23NO3/c1-14-11-17(21(22(27)30-6)31-23(3,4)5)15(2)19(12-14)26(32(7,28)29)13-16-9-8-10-18(24)20(16)25;1-10-8-12(11(2)13(9-10)17-23(7,19)20)14(15(18)21-6)22-16(3,4)5;1-8-7-10(9(2)12(11(8)16)17(19)20)13(14(18)21-6)22-15(3,4)5;1-9-7-11(10(2)12(16)8-9)13(14(17)18-6)19-15(3,4)5/h8-12,21H,13H2,1-7H3;8-9,14,17H,1-7H3;7,13H,1-6H3;7-8,13H,16H2,1-6H3/t21-;14-;2*13-/m0000/s1. The third kappa shape index (κ3) is 25.7. The lowest BCUT2D eigenvalue weighted by Crippen LogP contribution is -2.32. The number of sulfonamides is 2. The molecule has 22 nitrogen and oxygen atoms in total. The Bertz CT molecular complexity index is 3860. The Morgan fingerprint density at radius 3 is 1.27 bits per heavy atom. The first-order valence-electron chi connectivity index (χ1n) is 30.1. The topological polar surface area (TPSA) is 295 Å². The average molecular weight is 1450 g/mol. The number of esters is 4. The Hall–Kier alpha value is -7.14. The minimum Gasteiger partial charge on any atom is -0.467 e. The molecule has 3 N–H and O–H groups in total. The number of nitrogen functional groups attached to an aromatic ring is 1. The summed E-state index contributed by atoms with van der Waals surface area (Å²) in [6.45, 7) is 35.6. The normalized spacial score (nSPS) is 13.1. The number of rotatable bonds is 19. The van der Waals surface area contributed by atoms with E-state index in [-0.39, 0.29) is 16.9 Å². The van der Waals surface area contributed by atoms with Gasteiger partial charge in [-0.1, -0.05) is 36.4 Å². The van der Waals surface area contributed by atoms with Gasteiger partial charge in [0, 0.05) is 22.4 Å². The van der Waals surface area contributed by atoms with Gasteiger partial charge in [-0.15, -0.1) is 0 Å². The molecule has 0 aliphatic rings. The highest BCUT2D eigenvalue weighted by Crippen LogP contribution is 2.40. The van der Waals surface area contributed by atoms with Crippen LogP contribution in [-0.2, 0) is 83.7 Å². The highest BCUT2D eigenvalue weighted by Gasteiger charge is 2.36. The third-order valence-corrected chi connectivity index (χ3v) is 16.4. The van der Waals surface area contributed by atoms with Gasteiger partial charge in [-0.3, -0.25) is 19.1 Å². The second-order valence-corrected chi connectivity index (χ2v) is 31.3. The van der Waals surface area contributed by atoms with Crippen molar-refractivity contribution < 1.29 is 87.6 Å². The van der Waals surface area contributed by atoms with E-state index in [0.717, 1.165) is 45.1 Å². The molecule has 0 amide bonds. The molecular weight excluding hydrogens is 1350 g/mol. The van der Waals surface area contributed by atoms with Crippen molar-refractivity contribution in [3.05, 3.63) is 159 Å². The van der Waals surface area contributed by atoms with Gasteiger partial charge in [0.05, 0.1) is 90.7 Å². The van der Waals surface area contributed by atoms with Gasteiger partial charge in [0.2, 0.25) is 20.0 Å². The Labute approximate surface area is 573 Å². The molecule has 0 saturated heterocycles. The number of hydrogen-bond acceptors (Lipinski definition) is 19. The third-order valence-electron chi connectivity index (χ3n) is 13.7. The van der Waals surface area contributed by atoms with Gasteiger partial charge in [-0.25, -0.2) is 44.8 Å². The molecule has 5 aromatic carbocycles. The number of aryl methyl sites for hydroxylation is 4. The average Bonchev–Trinajstić information content (AvgIpc) is 0.791. The van der Waals surface area contributed by atoms with E-state index in [9.17, 15) is 54.9 Å². The number of nitro benzene ring substituents is 1. The lowest BCUT2D eigenvalue weighted by Gasteiger charge is -2.30. The van der Waals surface area contributed by atoms with E-state index in [2.05, 4.69) is 20.7 Å². The molecule has 0 aromatic heterocycles. The first-order chi connectivity index (χ1) is 43.6. The van der Waals surface area contributed by atoms with E-state index in [0.29, 0.717) is 60.4 Å². The minimum absolute atomic E-state index is 0.0681. The molecule has 534 valence electrons. The fraction of sp³-hybridized carbons (Fsp3) is 0.507. The molecule has 0 radical (unpaired) electrons. The number of ether oxygens (including phenoxy) is 8. The highest BCUT2D eigenvalue weighted by atomic mass is 79.9. The van der Waals surface area contributed by atoms with Gasteiger partial charge >= 0.3 is 23.9 Å². The maximum atomic E-state index is 14.3. The largest absolute Gasteiger partial charge is 0.467 e. The van der Waals surface area contributed by atoms with E-state index < -0.39 is 114 Å². The number of benzene rings is 5.